The van der Waals surface area contributed by atoms with Crippen LogP contribution in [0.4, 0.5) is 4.79 Å². The van der Waals surface area contributed by atoms with E-state index in [9.17, 15) is 9.59 Å². The largest absolute Gasteiger partial charge is 0.476 e. The summed E-state index contributed by atoms with van der Waals surface area (Å²) < 4.78 is 11.1. The zero-order valence-electron chi connectivity index (χ0n) is 25.5. The molecule has 6 nitrogen and oxygen atoms in total. The van der Waals surface area contributed by atoms with Crippen LogP contribution in [0.25, 0.3) is 11.1 Å². The highest BCUT2D eigenvalue weighted by Crippen LogP contribution is 2.35. The summed E-state index contributed by atoms with van der Waals surface area (Å²) >= 11 is 0. The number of rotatable bonds is 10. The Labute approximate surface area is 245 Å². The summed E-state index contributed by atoms with van der Waals surface area (Å²) in [5, 5.41) is 3.07. The minimum atomic E-state index is -1.12. The molecule has 1 heterocycles. The Balaban J connectivity index is 1.53. The van der Waals surface area contributed by atoms with E-state index in [4.69, 9.17) is 9.47 Å². The SMILES string of the molecule is COC(=O)C(C)(C)Oc1ccc(CCCC2(Cc3ccc(C(C)(C)C)cc3)CNC(=O)N2C)cc1-c1ccccc1. The Morgan fingerprint density at radius 3 is 2.20 bits per heavy atom. The third-order valence-electron chi connectivity index (χ3n) is 8.22. The first-order valence-corrected chi connectivity index (χ1v) is 14.4. The first-order chi connectivity index (χ1) is 19.3. The van der Waals surface area contributed by atoms with Gasteiger partial charge in [-0.15, -0.1) is 0 Å². The number of hydrogen-bond acceptors (Lipinski definition) is 4. The van der Waals surface area contributed by atoms with Crippen LogP contribution in [0.5, 0.6) is 5.75 Å². The van der Waals surface area contributed by atoms with Gasteiger partial charge in [-0.2, -0.15) is 0 Å². The molecule has 3 aromatic carbocycles. The Morgan fingerprint density at radius 1 is 0.951 bits per heavy atom. The number of urea groups is 1. The van der Waals surface area contributed by atoms with Crippen molar-refractivity contribution in [2.75, 3.05) is 20.7 Å². The van der Waals surface area contributed by atoms with Gasteiger partial charge in [0.15, 0.2) is 5.60 Å². The van der Waals surface area contributed by atoms with Crippen LogP contribution in [0.15, 0.2) is 72.8 Å². The standard InChI is InChI=1S/C35H44N2O4/c1-33(2,3)28-18-15-26(16-19-28)23-35(24-36-32(39)37(35)6)21-11-12-25-17-20-30(41-34(4,5)31(38)40-7)29(22-25)27-13-9-8-10-14-27/h8-10,13-20,22H,11-12,21,23-24H2,1-7H3,(H,36,39). The number of aryl methyl sites for hydroxylation is 1. The minimum Gasteiger partial charge on any atom is -0.476 e. The van der Waals surface area contributed by atoms with Crippen LogP contribution in [-0.2, 0) is 27.8 Å². The lowest BCUT2D eigenvalue weighted by Crippen LogP contribution is -2.46. The van der Waals surface area contributed by atoms with E-state index >= 15 is 0 Å². The first kappa shape index (κ1) is 30.2. The second kappa shape index (κ2) is 12.0. The number of ether oxygens (including phenoxy) is 2. The number of nitrogens with zero attached hydrogens (tertiary/aromatic N) is 1. The lowest BCUT2D eigenvalue weighted by molar-refractivity contribution is -0.156. The second-order valence-electron chi connectivity index (χ2n) is 12.7. The van der Waals surface area contributed by atoms with Crippen molar-refractivity contribution in [3.8, 4) is 16.9 Å². The van der Waals surface area contributed by atoms with Gasteiger partial charge in [0, 0.05) is 19.2 Å². The maximum absolute atomic E-state index is 12.6. The molecule has 1 aliphatic heterocycles. The van der Waals surface area contributed by atoms with E-state index in [-0.39, 0.29) is 17.0 Å². The quantitative estimate of drug-likeness (QED) is 0.275. The van der Waals surface area contributed by atoms with E-state index < -0.39 is 11.6 Å². The summed E-state index contributed by atoms with van der Waals surface area (Å²) in [6.45, 7) is 10.7. The van der Waals surface area contributed by atoms with Crippen LogP contribution < -0.4 is 10.1 Å². The van der Waals surface area contributed by atoms with Crippen LogP contribution >= 0.6 is 0 Å². The summed E-state index contributed by atoms with van der Waals surface area (Å²) in [6.07, 6.45) is 3.45. The smallest absolute Gasteiger partial charge is 0.349 e. The van der Waals surface area contributed by atoms with Crippen LogP contribution in [0.3, 0.4) is 0 Å². The van der Waals surface area contributed by atoms with Crippen LogP contribution in [0, 0.1) is 0 Å². The molecule has 1 N–H and O–H groups in total. The van der Waals surface area contributed by atoms with Crippen LogP contribution in [-0.4, -0.2) is 48.7 Å². The molecule has 0 bridgehead atoms. The predicted molar refractivity (Wildman–Crippen MR) is 164 cm³/mol. The second-order valence-corrected chi connectivity index (χ2v) is 12.7. The van der Waals surface area contributed by atoms with Crippen LogP contribution in [0.1, 0.15) is 64.2 Å². The van der Waals surface area contributed by atoms with Crippen molar-refractivity contribution in [1.29, 1.82) is 0 Å². The molecule has 1 aliphatic rings. The van der Waals surface area contributed by atoms with E-state index in [1.54, 1.807) is 13.8 Å². The molecule has 218 valence electrons. The number of carbonyl (C=O) groups is 2. The lowest BCUT2D eigenvalue weighted by atomic mass is 9.82. The average Bonchev–Trinajstić information content (AvgIpc) is 3.22. The third-order valence-corrected chi connectivity index (χ3v) is 8.22. The Kier molecular flexibility index (Phi) is 8.81. The van der Waals surface area contributed by atoms with Crippen molar-refractivity contribution in [2.45, 2.75) is 76.9 Å². The number of carbonyl (C=O) groups excluding carboxylic acids is 2. The van der Waals surface area contributed by atoms with Crippen LogP contribution in [0.2, 0.25) is 0 Å². The van der Waals surface area contributed by atoms with Gasteiger partial charge >= 0.3 is 12.0 Å². The number of amides is 2. The van der Waals surface area contributed by atoms with Gasteiger partial charge in [-0.1, -0.05) is 81.4 Å². The molecule has 4 rings (SSSR count). The molecule has 0 aromatic heterocycles. The first-order valence-electron chi connectivity index (χ1n) is 14.4. The molecule has 2 amide bonds. The van der Waals surface area contributed by atoms with Gasteiger partial charge in [-0.3, -0.25) is 0 Å². The topological polar surface area (TPSA) is 67.9 Å². The predicted octanol–water partition coefficient (Wildman–Crippen LogP) is 6.94. The summed E-state index contributed by atoms with van der Waals surface area (Å²) in [4.78, 5) is 26.8. The molecule has 1 fully saturated rings. The lowest BCUT2D eigenvalue weighted by Gasteiger charge is -2.35. The molecule has 41 heavy (non-hydrogen) atoms. The van der Waals surface area contributed by atoms with Gasteiger partial charge in [-0.25, -0.2) is 9.59 Å². The van der Waals surface area contributed by atoms with Gasteiger partial charge in [0.2, 0.25) is 0 Å². The van der Waals surface area contributed by atoms with Gasteiger partial charge in [-0.05, 0) is 79.3 Å². The van der Waals surface area contributed by atoms with Crippen molar-refractivity contribution < 1.29 is 19.1 Å². The summed E-state index contributed by atoms with van der Waals surface area (Å²) in [7, 11) is 3.28. The number of hydrogen-bond donors (Lipinski definition) is 1. The molecule has 1 atom stereocenters. The van der Waals surface area contributed by atoms with E-state index in [2.05, 4.69) is 62.5 Å². The number of esters is 1. The fourth-order valence-electron chi connectivity index (χ4n) is 5.57. The summed E-state index contributed by atoms with van der Waals surface area (Å²) in [5.41, 5.74) is 4.38. The minimum absolute atomic E-state index is 0.0163. The Morgan fingerprint density at radius 2 is 1.61 bits per heavy atom. The highest BCUT2D eigenvalue weighted by atomic mass is 16.6. The van der Waals surface area contributed by atoms with E-state index in [1.165, 1.54) is 23.8 Å². The molecule has 0 saturated carbocycles. The molecule has 0 aliphatic carbocycles. The van der Waals surface area contributed by atoms with Crippen molar-refractivity contribution in [1.82, 2.24) is 10.2 Å². The van der Waals surface area contributed by atoms with Crippen molar-refractivity contribution >= 4 is 12.0 Å². The zero-order chi connectivity index (χ0) is 29.8. The molecular weight excluding hydrogens is 512 g/mol. The number of benzene rings is 3. The van der Waals surface area contributed by atoms with E-state index in [0.29, 0.717) is 12.3 Å². The van der Waals surface area contributed by atoms with Gasteiger partial charge < -0.3 is 19.7 Å². The molecule has 1 saturated heterocycles. The van der Waals surface area contributed by atoms with Gasteiger partial charge in [0.05, 0.1) is 12.6 Å². The Hall–Kier alpha value is -3.80. The third kappa shape index (κ3) is 6.92. The normalized spacial score (nSPS) is 17.3. The van der Waals surface area contributed by atoms with Gasteiger partial charge in [0.25, 0.3) is 0 Å². The number of likely N-dealkylation sites (N-methyl/N-ethyl adjacent to an activating group) is 1. The zero-order valence-corrected chi connectivity index (χ0v) is 25.5. The highest BCUT2D eigenvalue weighted by molar-refractivity contribution is 5.80. The fraction of sp³-hybridized carbons (Fsp3) is 0.429. The molecule has 6 heteroatoms. The van der Waals surface area contributed by atoms with Crippen molar-refractivity contribution in [2.24, 2.45) is 0 Å². The molecule has 3 aromatic rings. The molecular formula is C35H44N2O4. The Bertz CT molecular complexity index is 1360. The summed E-state index contributed by atoms with van der Waals surface area (Å²) in [6, 6.07) is 25.0. The molecule has 0 radical (unpaired) electrons. The van der Waals surface area contributed by atoms with Gasteiger partial charge in [0.1, 0.15) is 5.75 Å². The van der Waals surface area contributed by atoms with E-state index in [1.807, 2.05) is 48.3 Å². The molecule has 1 unspecified atom stereocenters. The highest BCUT2D eigenvalue weighted by Gasteiger charge is 2.42. The maximum Gasteiger partial charge on any atom is 0.349 e. The fourth-order valence-corrected chi connectivity index (χ4v) is 5.57. The van der Waals surface area contributed by atoms with E-state index in [0.717, 1.165) is 36.8 Å². The van der Waals surface area contributed by atoms with Crippen molar-refractivity contribution in [3.05, 3.63) is 89.5 Å². The monoisotopic (exact) mass is 556 g/mol. The number of methoxy groups -OCH3 is 1. The average molecular weight is 557 g/mol. The van der Waals surface area contributed by atoms with Crippen molar-refractivity contribution in [3.63, 3.8) is 0 Å². The maximum atomic E-state index is 12.6. The summed E-state index contributed by atoms with van der Waals surface area (Å²) in [5.74, 6) is 0.207. The number of nitrogens with one attached hydrogen (secondary N) is 1. The molecule has 0 spiro atoms.